The lowest BCUT2D eigenvalue weighted by atomic mass is 10.1. The van der Waals surface area contributed by atoms with Crippen molar-refractivity contribution in [3.63, 3.8) is 0 Å². The zero-order valence-corrected chi connectivity index (χ0v) is 12.7. The minimum atomic E-state index is -0.446. The number of halogens is 1. The van der Waals surface area contributed by atoms with Gasteiger partial charge in [-0.2, -0.15) is 0 Å². The van der Waals surface area contributed by atoms with E-state index >= 15 is 0 Å². The van der Waals surface area contributed by atoms with Gasteiger partial charge in [0, 0.05) is 10.5 Å². The molecule has 1 unspecified atom stereocenters. The van der Waals surface area contributed by atoms with Crippen LogP contribution in [0.4, 0.5) is 4.39 Å². The summed E-state index contributed by atoms with van der Waals surface area (Å²) in [5, 5.41) is 2.86. The van der Waals surface area contributed by atoms with E-state index in [0.717, 1.165) is 11.3 Å². The fraction of sp³-hybridized carbons (Fsp3) is 0.188. The Labute approximate surface area is 128 Å². The molecule has 0 aliphatic carbocycles. The van der Waals surface area contributed by atoms with Gasteiger partial charge in [0.2, 0.25) is 0 Å². The molecule has 1 N–H and O–H groups in total. The van der Waals surface area contributed by atoms with Gasteiger partial charge in [-0.25, -0.2) is 4.39 Å². The third-order valence-corrected chi connectivity index (χ3v) is 3.51. The molecule has 110 valence electrons. The van der Waals surface area contributed by atoms with E-state index < -0.39 is 5.82 Å². The molecule has 1 atom stereocenters. The Morgan fingerprint density at radius 3 is 2.48 bits per heavy atom. The highest BCUT2D eigenvalue weighted by atomic mass is 32.1. The number of hydrogen-bond donors (Lipinski definition) is 2. The van der Waals surface area contributed by atoms with Crippen LogP contribution in [0.25, 0.3) is 0 Å². The number of rotatable bonds is 4. The van der Waals surface area contributed by atoms with Crippen LogP contribution in [0.1, 0.15) is 28.9 Å². The third kappa shape index (κ3) is 3.76. The predicted octanol–water partition coefficient (Wildman–Crippen LogP) is 3.61. The first-order chi connectivity index (χ1) is 10.0. The molecule has 21 heavy (non-hydrogen) atoms. The fourth-order valence-electron chi connectivity index (χ4n) is 1.91. The summed E-state index contributed by atoms with van der Waals surface area (Å²) in [6.45, 7) is 1.88. The van der Waals surface area contributed by atoms with E-state index in [1.807, 2.05) is 31.2 Å². The van der Waals surface area contributed by atoms with Gasteiger partial charge in [0.1, 0.15) is 11.6 Å². The second-order valence-corrected chi connectivity index (χ2v) is 5.12. The van der Waals surface area contributed by atoms with E-state index in [1.54, 1.807) is 7.11 Å². The number of thiol groups is 1. The number of carbonyl (C=O) groups is 1. The zero-order valence-electron chi connectivity index (χ0n) is 11.8. The maximum Gasteiger partial charge on any atom is 0.251 e. The van der Waals surface area contributed by atoms with Crippen LogP contribution in [-0.4, -0.2) is 13.0 Å². The lowest BCUT2D eigenvalue weighted by molar-refractivity contribution is 0.0939. The minimum absolute atomic E-state index is 0.153. The highest BCUT2D eigenvalue weighted by Gasteiger charge is 2.12. The molecular weight excluding hydrogens is 289 g/mol. The van der Waals surface area contributed by atoms with Crippen LogP contribution in [0, 0.1) is 5.82 Å². The van der Waals surface area contributed by atoms with Gasteiger partial charge in [-0.3, -0.25) is 4.79 Å². The molecule has 0 saturated heterocycles. The number of carbonyl (C=O) groups excluding carboxylic acids is 1. The summed E-state index contributed by atoms with van der Waals surface area (Å²) in [4.78, 5) is 12.3. The van der Waals surface area contributed by atoms with Gasteiger partial charge in [0.05, 0.1) is 13.2 Å². The zero-order chi connectivity index (χ0) is 15.4. The summed E-state index contributed by atoms with van der Waals surface area (Å²) in [6.07, 6.45) is 0. The molecule has 0 saturated carbocycles. The van der Waals surface area contributed by atoms with E-state index in [0.29, 0.717) is 5.56 Å². The van der Waals surface area contributed by atoms with Crippen molar-refractivity contribution in [1.29, 1.82) is 0 Å². The topological polar surface area (TPSA) is 38.3 Å². The predicted molar refractivity (Wildman–Crippen MR) is 82.5 cm³/mol. The van der Waals surface area contributed by atoms with E-state index in [1.165, 1.54) is 18.2 Å². The van der Waals surface area contributed by atoms with Crippen molar-refractivity contribution in [3.8, 4) is 5.75 Å². The molecule has 0 aliphatic rings. The van der Waals surface area contributed by atoms with Gasteiger partial charge in [0.25, 0.3) is 5.91 Å². The average Bonchev–Trinajstić information content (AvgIpc) is 2.50. The van der Waals surface area contributed by atoms with E-state index in [9.17, 15) is 9.18 Å². The molecule has 2 rings (SSSR count). The van der Waals surface area contributed by atoms with Crippen molar-refractivity contribution in [1.82, 2.24) is 5.32 Å². The fourth-order valence-corrected chi connectivity index (χ4v) is 2.12. The Hall–Kier alpha value is -2.01. The molecular formula is C16H16FNO2S. The van der Waals surface area contributed by atoms with Gasteiger partial charge < -0.3 is 10.1 Å². The van der Waals surface area contributed by atoms with Crippen molar-refractivity contribution >= 4 is 18.5 Å². The summed E-state index contributed by atoms with van der Waals surface area (Å²) in [5.74, 6) is 0.0437. The van der Waals surface area contributed by atoms with Crippen LogP contribution in [-0.2, 0) is 0 Å². The van der Waals surface area contributed by atoms with Crippen LogP contribution in [0.15, 0.2) is 47.4 Å². The summed E-state index contributed by atoms with van der Waals surface area (Å²) < 4.78 is 18.2. The largest absolute Gasteiger partial charge is 0.497 e. The van der Waals surface area contributed by atoms with Crippen molar-refractivity contribution in [2.45, 2.75) is 17.9 Å². The number of ether oxygens (including phenoxy) is 1. The van der Waals surface area contributed by atoms with Crippen molar-refractivity contribution in [2.24, 2.45) is 0 Å². The van der Waals surface area contributed by atoms with Crippen LogP contribution >= 0.6 is 12.6 Å². The molecule has 0 heterocycles. The Morgan fingerprint density at radius 2 is 1.90 bits per heavy atom. The number of nitrogens with one attached hydrogen (secondary N) is 1. The molecule has 2 aromatic carbocycles. The highest BCUT2D eigenvalue weighted by Crippen LogP contribution is 2.19. The number of benzene rings is 2. The normalized spacial score (nSPS) is 11.8. The molecule has 2 aromatic rings. The standard InChI is InChI=1S/C16H16FNO2S/c1-10(11-3-6-13(20-2)7-4-11)18-16(19)12-5-8-14(17)15(21)9-12/h3-10,21H,1-2H3,(H,18,19). The first-order valence-electron chi connectivity index (χ1n) is 6.44. The number of methoxy groups -OCH3 is 1. The Balaban J connectivity index is 2.08. The quantitative estimate of drug-likeness (QED) is 0.847. The first kappa shape index (κ1) is 15.4. The highest BCUT2D eigenvalue weighted by molar-refractivity contribution is 7.80. The maximum absolute atomic E-state index is 13.1. The summed E-state index contributed by atoms with van der Waals surface area (Å²) in [6, 6.07) is 11.4. The molecule has 3 nitrogen and oxygen atoms in total. The van der Waals surface area contributed by atoms with E-state index in [2.05, 4.69) is 17.9 Å². The Morgan fingerprint density at radius 1 is 1.24 bits per heavy atom. The monoisotopic (exact) mass is 305 g/mol. The molecule has 0 aliphatic heterocycles. The van der Waals surface area contributed by atoms with Crippen LogP contribution in [0.2, 0.25) is 0 Å². The number of amides is 1. The van der Waals surface area contributed by atoms with Gasteiger partial charge in [-0.1, -0.05) is 12.1 Å². The van der Waals surface area contributed by atoms with Crippen molar-refractivity contribution in [2.75, 3.05) is 7.11 Å². The minimum Gasteiger partial charge on any atom is -0.497 e. The second-order valence-electron chi connectivity index (χ2n) is 4.63. The van der Waals surface area contributed by atoms with Gasteiger partial charge in [-0.15, -0.1) is 12.6 Å². The molecule has 0 aromatic heterocycles. The van der Waals surface area contributed by atoms with Gasteiger partial charge >= 0.3 is 0 Å². The molecule has 1 amide bonds. The summed E-state index contributed by atoms with van der Waals surface area (Å²) >= 11 is 3.98. The molecule has 0 bridgehead atoms. The van der Waals surface area contributed by atoms with Crippen LogP contribution in [0.5, 0.6) is 5.75 Å². The second kappa shape index (κ2) is 6.63. The molecule has 0 fully saturated rings. The molecule has 5 heteroatoms. The van der Waals surface area contributed by atoms with E-state index in [4.69, 9.17) is 4.74 Å². The molecule has 0 radical (unpaired) electrons. The van der Waals surface area contributed by atoms with E-state index in [-0.39, 0.29) is 16.8 Å². The van der Waals surface area contributed by atoms with Crippen molar-refractivity contribution in [3.05, 3.63) is 59.4 Å². The summed E-state index contributed by atoms with van der Waals surface area (Å²) in [5.41, 5.74) is 1.33. The lowest BCUT2D eigenvalue weighted by Gasteiger charge is -2.15. The average molecular weight is 305 g/mol. The number of hydrogen-bond acceptors (Lipinski definition) is 3. The Kier molecular flexibility index (Phi) is 4.85. The van der Waals surface area contributed by atoms with Crippen LogP contribution in [0.3, 0.4) is 0 Å². The lowest BCUT2D eigenvalue weighted by Crippen LogP contribution is -2.26. The molecule has 0 spiro atoms. The van der Waals surface area contributed by atoms with Crippen LogP contribution < -0.4 is 10.1 Å². The van der Waals surface area contributed by atoms with Crippen molar-refractivity contribution < 1.29 is 13.9 Å². The smallest absolute Gasteiger partial charge is 0.251 e. The third-order valence-electron chi connectivity index (χ3n) is 3.17. The van der Waals surface area contributed by atoms with Gasteiger partial charge in [-0.05, 0) is 42.8 Å². The maximum atomic E-state index is 13.1. The summed E-state index contributed by atoms with van der Waals surface area (Å²) in [7, 11) is 1.60. The first-order valence-corrected chi connectivity index (χ1v) is 6.89. The Bertz CT molecular complexity index is 643. The van der Waals surface area contributed by atoms with Gasteiger partial charge in [0.15, 0.2) is 0 Å². The SMILES string of the molecule is COc1ccc(C(C)NC(=O)c2ccc(F)c(S)c2)cc1.